The lowest BCUT2D eigenvalue weighted by Gasteiger charge is -2.28. The van der Waals surface area contributed by atoms with Gasteiger partial charge in [-0.15, -0.1) is 0 Å². The van der Waals surface area contributed by atoms with Crippen LogP contribution in [0, 0.1) is 5.92 Å². The van der Waals surface area contributed by atoms with Gasteiger partial charge in [0, 0.05) is 12.5 Å². The molecule has 4 nitrogen and oxygen atoms in total. The van der Waals surface area contributed by atoms with E-state index < -0.39 is 17.6 Å². The van der Waals surface area contributed by atoms with Crippen LogP contribution in [0.5, 0.6) is 0 Å². The van der Waals surface area contributed by atoms with Crippen molar-refractivity contribution in [2.75, 3.05) is 6.61 Å². The minimum absolute atomic E-state index is 0.0741. The minimum atomic E-state index is -0.946. The molecule has 0 aromatic heterocycles. The second-order valence-electron chi connectivity index (χ2n) is 3.71. The van der Waals surface area contributed by atoms with Crippen LogP contribution in [0.25, 0.3) is 0 Å². The molecule has 0 saturated carbocycles. The average molecular weight is 173 g/mol. The zero-order valence-electron chi connectivity index (χ0n) is 7.41. The molecule has 0 amide bonds. The van der Waals surface area contributed by atoms with Gasteiger partial charge in [-0.3, -0.25) is 4.79 Å². The predicted octanol–water partition coefficient (Wildman–Crippen LogP) is 0.213. The van der Waals surface area contributed by atoms with E-state index in [0.29, 0.717) is 6.61 Å². The standard InChI is InChI=1S/C8H15NO3/c1-8(2)5(3-4-12-8)6(9)7(10)11/h5-6H,3-4,9H2,1-2H3,(H,10,11). The van der Waals surface area contributed by atoms with Gasteiger partial charge in [-0.2, -0.15) is 0 Å². The number of hydrogen-bond acceptors (Lipinski definition) is 3. The maximum absolute atomic E-state index is 10.6. The Morgan fingerprint density at radius 2 is 2.33 bits per heavy atom. The van der Waals surface area contributed by atoms with Gasteiger partial charge in [0.15, 0.2) is 0 Å². The van der Waals surface area contributed by atoms with Crippen molar-refractivity contribution in [2.45, 2.75) is 31.9 Å². The number of carbonyl (C=O) groups is 1. The van der Waals surface area contributed by atoms with Gasteiger partial charge in [0.1, 0.15) is 6.04 Å². The van der Waals surface area contributed by atoms with Crippen LogP contribution in [0.1, 0.15) is 20.3 Å². The van der Waals surface area contributed by atoms with Crippen LogP contribution in [-0.4, -0.2) is 29.3 Å². The van der Waals surface area contributed by atoms with Crippen molar-refractivity contribution >= 4 is 5.97 Å². The molecule has 1 heterocycles. The molecular formula is C8H15NO3. The predicted molar refractivity (Wildman–Crippen MR) is 43.7 cm³/mol. The zero-order valence-corrected chi connectivity index (χ0v) is 7.41. The number of nitrogens with two attached hydrogens (primary N) is 1. The molecule has 1 rings (SSSR count). The smallest absolute Gasteiger partial charge is 0.320 e. The summed E-state index contributed by atoms with van der Waals surface area (Å²) in [5.74, 6) is -1.02. The summed E-state index contributed by atoms with van der Waals surface area (Å²) in [6.45, 7) is 4.37. The lowest BCUT2D eigenvalue weighted by Crippen LogP contribution is -2.45. The molecule has 0 bridgehead atoms. The normalized spacial score (nSPS) is 30.1. The van der Waals surface area contributed by atoms with E-state index in [0.717, 1.165) is 6.42 Å². The fourth-order valence-corrected chi connectivity index (χ4v) is 1.69. The Kier molecular flexibility index (Phi) is 2.39. The average Bonchev–Trinajstić information content (AvgIpc) is 2.27. The maximum Gasteiger partial charge on any atom is 0.320 e. The van der Waals surface area contributed by atoms with Crippen LogP contribution in [0.3, 0.4) is 0 Å². The molecule has 70 valence electrons. The van der Waals surface area contributed by atoms with Crippen LogP contribution >= 0.6 is 0 Å². The molecule has 1 aliphatic heterocycles. The first-order chi connectivity index (χ1) is 5.45. The molecule has 1 saturated heterocycles. The van der Waals surface area contributed by atoms with Crippen molar-refractivity contribution in [1.29, 1.82) is 0 Å². The molecule has 0 spiro atoms. The number of ether oxygens (including phenoxy) is 1. The highest BCUT2D eigenvalue weighted by atomic mass is 16.5. The molecule has 0 aliphatic carbocycles. The number of aliphatic carboxylic acids is 1. The summed E-state index contributed by atoms with van der Waals surface area (Å²) in [5, 5.41) is 8.69. The molecule has 1 aliphatic rings. The van der Waals surface area contributed by atoms with Crippen molar-refractivity contribution in [3.8, 4) is 0 Å². The molecule has 2 unspecified atom stereocenters. The molecular weight excluding hydrogens is 158 g/mol. The highest BCUT2D eigenvalue weighted by molar-refractivity contribution is 5.73. The van der Waals surface area contributed by atoms with Crippen LogP contribution < -0.4 is 5.73 Å². The van der Waals surface area contributed by atoms with Crippen LogP contribution in [0.2, 0.25) is 0 Å². The van der Waals surface area contributed by atoms with Gasteiger partial charge in [0.05, 0.1) is 5.60 Å². The van der Waals surface area contributed by atoms with E-state index >= 15 is 0 Å². The first kappa shape index (κ1) is 9.48. The summed E-state index contributed by atoms with van der Waals surface area (Å²) >= 11 is 0. The minimum Gasteiger partial charge on any atom is -0.480 e. The quantitative estimate of drug-likeness (QED) is 0.626. The van der Waals surface area contributed by atoms with Crippen molar-refractivity contribution in [3.63, 3.8) is 0 Å². The van der Waals surface area contributed by atoms with E-state index in [1.807, 2.05) is 13.8 Å². The van der Waals surface area contributed by atoms with E-state index in [2.05, 4.69) is 0 Å². The lowest BCUT2D eigenvalue weighted by atomic mass is 9.85. The van der Waals surface area contributed by atoms with Gasteiger partial charge in [-0.25, -0.2) is 0 Å². The SMILES string of the molecule is CC1(C)OCCC1C(N)C(=O)O. The van der Waals surface area contributed by atoms with Gasteiger partial charge in [0.2, 0.25) is 0 Å². The van der Waals surface area contributed by atoms with E-state index in [-0.39, 0.29) is 5.92 Å². The molecule has 2 atom stereocenters. The van der Waals surface area contributed by atoms with Gasteiger partial charge >= 0.3 is 5.97 Å². The molecule has 0 aromatic carbocycles. The second-order valence-corrected chi connectivity index (χ2v) is 3.71. The molecule has 12 heavy (non-hydrogen) atoms. The highest BCUT2D eigenvalue weighted by Gasteiger charge is 2.42. The van der Waals surface area contributed by atoms with E-state index in [1.54, 1.807) is 0 Å². The zero-order chi connectivity index (χ0) is 9.35. The van der Waals surface area contributed by atoms with Gasteiger partial charge in [0.25, 0.3) is 0 Å². The Labute approximate surface area is 71.7 Å². The summed E-state index contributed by atoms with van der Waals surface area (Å²) < 4.78 is 5.38. The van der Waals surface area contributed by atoms with Crippen molar-refractivity contribution < 1.29 is 14.6 Å². The lowest BCUT2D eigenvalue weighted by molar-refractivity contribution is -0.141. The third kappa shape index (κ3) is 1.59. The fourth-order valence-electron chi connectivity index (χ4n) is 1.69. The summed E-state index contributed by atoms with van der Waals surface area (Å²) in [7, 11) is 0. The number of hydrogen-bond donors (Lipinski definition) is 2. The van der Waals surface area contributed by atoms with E-state index in [1.165, 1.54) is 0 Å². The Hall–Kier alpha value is -0.610. The molecule has 0 radical (unpaired) electrons. The third-order valence-electron chi connectivity index (χ3n) is 2.51. The van der Waals surface area contributed by atoms with Gasteiger partial charge in [-0.05, 0) is 20.3 Å². The summed E-state index contributed by atoms with van der Waals surface area (Å²) in [5.41, 5.74) is 5.13. The second kappa shape index (κ2) is 3.03. The van der Waals surface area contributed by atoms with Crippen LogP contribution in [-0.2, 0) is 9.53 Å². The largest absolute Gasteiger partial charge is 0.480 e. The Balaban J connectivity index is 2.68. The van der Waals surface area contributed by atoms with Crippen LogP contribution in [0.4, 0.5) is 0 Å². The summed E-state index contributed by atoms with van der Waals surface area (Å²) in [6.07, 6.45) is 0.737. The Morgan fingerprint density at radius 1 is 1.75 bits per heavy atom. The molecule has 3 N–H and O–H groups in total. The maximum atomic E-state index is 10.6. The fraction of sp³-hybridized carbons (Fsp3) is 0.875. The number of carboxylic acid groups (broad SMARTS) is 1. The Morgan fingerprint density at radius 3 is 2.67 bits per heavy atom. The molecule has 0 aromatic rings. The molecule has 4 heteroatoms. The van der Waals surface area contributed by atoms with Gasteiger partial charge in [-0.1, -0.05) is 0 Å². The summed E-state index contributed by atoms with van der Waals surface area (Å²) in [4.78, 5) is 10.6. The third-order valence-corrected chi connectivity index (χ3v) is 2.51. The van der Waals surface area contributed by atoms with E-state index in [4.69, 9.17) is 15.6 Å². The van der Waals surface area contributed by atoms with Crippen molar-refractivity contribution in [3.05, 3.63) is 0 Å². The molecule has 1 fully saturated rings. The monoisotopic (exact) mass is 173 g/mol. The topological polar surface area (TPSA) is 72.5 Å². The van der Waals surface area contributed by atoms with Crippen molar-refractivity contribution in [2.24, 2.45) is 11.7 Å². The number of carboxylic acids is 1. The van der Waals surface area contributed by atoms with Crippen LogP contribution in [0.15, 0.2) is 0 Å². The Bertz CT molecular complexity index is 191. The van der Waals surface area contributed by atoms with Crippen molar-refractivity contribution in [1.82, 2.24) is 0 Å². The number of rotatable bonds is 2. The highest BCUT2D eigenvalue weighted by Crippen LogP contribution is 2.33. The van der Waals surface area contributed by atoms with Gasteiger partial charge < -0.3 is 15.6 Å². The first-order valence-electron chi connectivity index (χ1n) is 4.07. The van der Waals surface area contributed by atoms with E-state index in [9.17, 15) is 4.79 Å². The summed E-state index contributed by atoms with van der Waals surface area (Å²) in [6, 6.07) is -0.803. The first-order valence-corrected chi connectivity index (χ1v) is 4.07.